The van der Waals surface area contributed by atoms with Crippen LogP contribution in [0.15, 0.2) is 52.0 Å². The van der Waals surface area contributed by atoms with Crippen LogP contribution in [-0.2, 0) is 19.7 Å². The van der Waals surface area contributed by atoms with Gasteiger partial charge in [-0.25, -0.2) is 16.8 Å². The van der Waals surface area contributed by atoms with Gasteiger partial charge in [0.25, 0.3) is 0 Å². The van der Waals surface area contributed by atoms with Gasteiger partial charge >= 0.3 is 0 Å². The predicted octanol–water partition coefficient (Wildman–Crippen LogP) is 2.43. The summed E-state index contributed by atoms with van der Waals surface area (Å²) in [5.74, 6) is 0.804. The van der Waals surface area contributed by atoms with E-state index in [1.807, 2.05) is 19.1 Å². The summed E-state index contributed by atoms with van der Waals surface area (Å²) in [6, 6.07) is 9.18. The molecule has 1 aromatic heterocycles. The minimum Gasteiger partial charge on any atom is -0.494 e. The van der Waals surface area contributed by atoms with Crippen LogP contribution in [0.2, 0.25) is 0 Å². The molecule has 4 rings (SSSR count). The highest BCUT2D eigenvalue weighted by molar-refractivity contribution is 7.96. The normalized spacial score (nSPS) is 24.5. The van der Waals surface area contributed by atoms with Gasteiger partial charge in [-0.2, -0.15) is 0 Å². The van der Waals surface area contributed by atoms with Crippen molar-refractivity contribution >= 4 is 19.7 Å². The number of ether oxygens (including phenoxy) is 1. The maximum absolute atomic E-state index is 13.4. The third-order valence-corrected chi connectivity index (χ3v) is 10.6. The van der Waals surface area contributed by atoms with Crippen LogP contribution in [-0.4, -0.2) is 70.8 Å². The maximum atomic E-state index is 13.4. The lowest BCUT2D eigenvalue weighted by Gasteiger charge is -2.34. The van der Waals surface area contributed by atoms with Gasteiger partial charge in [-0.05, 0) is 69.3 Å². The fraction of sp³-hybridized carbons (Fsp3) is 0.565. The molecule has 0 amide bonds. The quantitative estimate of drug-likeness (QED) is 0.564. The molecule has 2 saturated heterocycles. The zero-order valence-electron chi connectivity index (χ0n) is 18.9. The molecule has 3 atom stereocenters. The van der Waals surface area contributed by atoms with Crippen molar-refractivity contribution in [2.75, 3.05) is 37.7 Å². The minimum absolute atomic E-state index is 0.0718. The maximum Gasteiger partial charge on any atom is 0.183 e. The van der Waals surface area contributed by atoms with Crippen molar-refractivity contribution in [3.8, 4) is 5.75 Å². The predicted molar refractivity (Wildman–Crippen MR) is 126 cm³/mol. The second-order valence-corrected chi connectivity index (χ2v) is 13.0. The lowest BCUT2D eigenvalue weighted by Crippen LogP contribution is -2.47. The van der Waals surface area contributed by atoms with Gasteiger partial charge in [0.1, 0.15) is 11.5 Å². The van der Waals surface area contributed by atoms with Gasteiger partial charge in [0.15, 0.2) is 19.7 Å². The van der Waals surface area contributed by atoms with Crippen molar-refractivity contribution in [2.24, 2.45) is 0 Å². The smallest absolute Gasteiger partial charge is 0.183 e. The van der Waals surface area contributed by atoms with Gasteiger partial charge in [0, 0.05) is 12.6 Å². The number of piperidine rings is 1. The van der Waals surface area contributed by atoms with E-state index < -0.39 is 31.0 Å². The summed E-state index contributed by atoms with van der Waals surface area (Å²) in [5.41, 5.74) is 0. The molecule has 2 aliphatic rings. The zero-order chi connectivity index (χ0) is 23.5. The Balaban J connectivity index is 1.53. The lowest BCUT2D eigenvalue weighted by molar-refractivity contribution is 0.141. The number of furan rings is 1. The summed E-state index contributed by atoms with van der Waals surface area (Å²) in [6.45, 7) is 4.62. The van der Waals surface area contributed by atoms with Crippen LogP contribution < -0.4 is 10.1 Å². The third kappa shape index (κ3) is 5.62. The first-order valence-corrected chi connectivity index (χ1v) is 14.8. The Morgan fingerprint density at radius 2 is 1.85 bits per heavy atom. The third-order valence-electron chi connectivity index (χ3n) is 6.44. The first-order chi connectivity index (χ1) is 15.8. The highest BCUT2D eigenvalue weighted by Gasteiger charge is 2.46. The van der Waals surface area contributed by atoms with Gasteiger partial charge in [0.05, 0.1) is 40.6 Å². The number of likely N-dealkylation sites (tertiary alicyclic amines) is 1. The number of benzene rings is 1. The van der Waals surface area contributed by atoms with E-state index in [9.17, 15) is 16.8 Å². The van der Waals surface area contributed by atoms with Gasteiger partial charge in [0.2, 0.25) is 0 Å². The Labute approximate surface area is 196 Å². The molecule has 182 valence electrons. The van der Waals surface area contributed by atoms with Crippen molar-refractivity contribution in [1.29, 1.82) is 0 Å². The van der Waals surface area contributed by atoms with Crippen molar-refractivity contribution < 1.29 is 26.0 Å². The highest BCUT2D eigenvalue weighted by atomic mass is 32.2. The van der Waals surface area contributed by atoms with Crippen molar-refractivity contribution in [3.05, 3.63) is 48.4 Å². The van der Waals surface area contributed by atoms with Gasteiger partial charge in [-0.3, -0.25) is 4.90 Å². The fourth-order valence-corrected chi connectivity index (χ4v) is 9.48. The summed E-state index contributed by atoms with van der Waals surface area (Å²) in [7, 11) is -7.33. The second-order valence-electron chi connectivity index (χ2n) is 8.71. The van der Waals surface area contributed by atoms with E-state index in [1.54, 1.807) is 18.4 Å². The van der Waals surface area contributed by atoms with E-state index >= 15 is 0 Å². The fourth-order valence-electron chi connectivity index (χ4n) is 4.76. The molecular formula is C23H32N2O6S2. The van der Waals surface area contributed by atoms with Crippen LogP contribution in [0.1, 0.15) is 38.0 Å². The number of nitrogens with zero attached hydrogens (tertiary/aromatic N) is 1. The molecule has 1 aromatic carbocycles. The van der Waals surface area contributed by atoms with Crippen LogP contribution in [0.5, 0.6) is 5.75 Å². The number of rotatable bonds is 9. The first-order valence-electron chi connectivity index (χ1n) is 11.5. The van der Waals surface area contributed by atoms with Crippen LogP contribution >= 0.6 is 0 Å². The van der Waals surface area contributed by atoms with E-state index in [2.05, 4.69) is 10.2 Å². The molecular weight excluding hydrogens is 464 g/mol. The molecule has 8 nitrogen and oxygen atoms in total. The topological polar surface area (TPSA) is 106 Å². The Bertz CT molecular complexity index is 1110. The van der Waals surface area contributed by atoms with Crippen LogP contribution in [0.3, 0.4) is 0 Å². The molecule has 0 radical (unpaired) electrons. The molecule has 3 heterocycles. The molecule has 2 aromatic rings. The molecule has 2 aliphatic heterocycles. The van der Waals surface area contributed by atoms with Gasteiger partial charge in [-0.15, -0.1) is 0 Å². The van der Waals surface area contributed by atoms with Gasteiger partial charge < -0.3 is 14.5 Å². The molecule has 1 N–H and O–H groups in total. The van der Waals surface area contributed by atoms with E-state index in [1.165, 1.54) is 18.6 Å². The number of nitrogens with one attached hydrogen (secondary N) is 1. The molecule has 0 aliphatic carbocycles. The second kappa shape index (κ2) is 10.2. The standard InChI is InChI=1S/C23H32N2O6S2/c1-2-30-18-8-10-19(11-9-18)33(28,29)23-17-32(26,27)16-20(23)24-15-21(22-7-6-14-31-22)25-12-4-3-5-13-25/h6-11,14,20-21,23-24H,2-5,12-13,15-17H2,1H3/t20-,21?,23-/m0/s1. The average Bonchev–Trinajstić information content (AvgIpc) is 3.43. The molecule has 33 heavy (non-hydrogen) atoms. The largest absolute Gasteiger partial charge is 0.494 e. The number of hydrogen-bond acceptors (Lipinski definition) is 8. The molecule has 0 saturated carbocycles. The Morgan fingerprint density at radius 3 is 2.48 bits per heavy atom. The SMILES string of the molecule is CCOc1ccc(S(=O)(=O)[C@H]2CS(=O)(=O)C[C@@H]2NCC(c2ccco2)N2CCCCC2)cc1. The lowest BCUT2D eigenvalue weighted by atomic mass is 10.1. The monoisotopic (exact) mass is 496 g/mol. The summed E-state index contributed by atoms with van der Waals surface area (Å²) in [4.78, 5) is 2.44. The number of sulfone groups is 2. The zero-order valence-corrected chi connectivity index (χ0v) is 20.5. The van der Waals surface area contributed by atoms with Crippen molar-refractivity contribution in [2.45, 2.75) is 48.4 Å². The van der Waals surface area contributed by atoms with Crippen molar-refractivity contribution in [3.63, 3.8) is 0 Å². The van der Waals surface area contributed by atoms with E-state index in [-0.39, 0.29) is 22.4 Å². The summed E-state index contributed by atoms with van der Waals surface area (Å²) < 4.78 is 62.8. The Kier molecular flexibility index (Phi) is 7.47. The van der Waals surface area contributed by atoms with E-state index in [4.69, 9.17) is 9.15 Å². The van der Waals surface area contributed by atoms with Gasteiger partial charge in [-0.1, -0.05) is 6.42 Å². The molecule has 0 bridgehead atoms. The molecule has 2 fully saturated rings. The average molecular weight is 497 g/mol. The molecule has 10 heteroatoms. The Hall–Kier alpha value is -1.88. The van der Waals surface area contributed by atoms with Crippen LogP contribution in [0.25, 0.3) is 0 Å². The first kappa shape index (κ1) is 24.3. The summed E-state index contributed by atoms with van der Waals surface area (Å²) >= 11 is 0. The van der Waals surface area contributed by atoms with Crippen molar-refractivity contribution in [1.82, 2.24) is 10.2 Å². The van der Waals surface area contributed by atoms with E-state index in [0.29, 0.717) is 18.9 Å². The Morgan fingerprint density at radius 1 is 1.12 bits per heavy atom. The highest BCUT2D eigenvalue weighted by Crippen LogP contribution is 2.29. The summed E-state index contributed by atoms with van der Waals surface area (Å²) in [5, 5.41) is 2.25. The summed E-state index contributed by atoms with van der Waals surface area (Å²) in [6.07, 6.45) is 5.02. The molecule has 0 spiro atoms. The van der Waals surface area contributed by atoms with E-state index in [0.717, 1.165) is 31.7 Å². The minimum atomic E-state index is -3.85. The van der Waals surface area contributed by atoms with Crippen LogP contribution in [0, 0.1) is 0 Å². The van der Waals surface area contributed by atoms with Crippen LogP contribution in [0.4, 0.5) is 0 Å². The molecule has 1 unspecified atom stereocenters. The number of hydrogen-bond donors (Lipinski definition) is 1.